The second-order valence-electron chi connectivity index (χ2n) is 3.97. The molecule has 1 aromatic rings. The van der Waals surface area contributed by atoms with Gasteiger partial charge in [-0.3, -0.25) is 9.38 Å². The van der Waals surface area contributed by atoms with Crippen LogP contribution < -0.4 is 10.6 Å². The topological polar surface area (TPSA) is 49.3 Å². The lowest BCUT2D eigenvalue weighted by Gasteiger charge is -2.11. The second kappa shape index (κ2) is 12.1. The van der Waals surface area contributed by atoms with Gasteiger partial charge < -0.3 is 10.6 Å². The summed E-state index contributed by atoms with van der Waals surface area (Å²) in [4.78, 5) is 8.29. The lowest BCUT2D eigenvalue weighted by Crippen LogP contribution is -2.38. The zero-order chi connectivity index (χ0) is 13.9. The number of aromatic nitrogens is 1. The molecule has 0 saturated carbocycles. The summed E-state index contributed by atoms with van der Waals surface area (Å²) in [6.45, 7) is 3.68. The van der Waals surface area contributed by atoms with Crippen molar-refractivity contribution in [3.05, 3.63) is 29.0 Å². The molecule has 0 aliphatic carbocycles. The van der Waals surface area contributed by atoms with Crippen LogP contribution in [0.5, 0.6) is 0 Å². The average Bonchev–Trinajstić information content (AvgIpc) is 2.41. The van der Waals surface area contributed by atoms with E-state index in [0.717, 1.165) is 31.0 Å². The van der Waals surface area contributed by atoms with E-state index in [1.165, 1.54) is 0 Å². The molecule has 4 nitrogen and oxygen atoms in total. The summed E-state index contributed by atoms with van der Waals surface area (Å²) in [5.41, 5.74) is 1.11. The number of alkyl halides is 1. The van der Waals surface area contributed by atoms with E-state index in [1.807, 2.05) is 13.0 Å². The Bertz CT molecular complexity index is 386. The molecule has 7 heteroatoms. The van der Waals surface area contributed by atoms with Crippen molar-refractivity contribution in [3.63, 3.8) is 0 Å². The normalized spacial score (nSPS) is 10.8. The van der Waals surface area contributed by atoms with Crippen molar-refractivity contribution in [3.8, 4) is 0 Å². The van der Waals surface area contributed by atoms with Crippen LogP contribution >= 0.6 is 35.6 Å². The van der Waals surface area contributed by atoms with Crippen molar-refractivity contribution in [1.82, 2.24) is 15.6 Å². The van der Waals surface area contributed by atoms with Crippen molar-refractivity contribution >= 4 is 41.5 Å². The maximum absolute atomic E-state index is 12.0. The first-order valence-corrected chi connectivity index (χ1v) is 6.82. The fraction of sp³-hybridized carbons (Fsp3) is 0.538. The van der Waals surface area contributed by atoms with E-state index >= 15 is 0 Å². The third kappa shape index (κ3) is 8.52. The SMILES string of the molecule is CCNC(=NCCCF)NCCc1ccc(Cl)nc1.I. The van der Waals surface area contributed by atoms with Crippen molar-refractivity contribution < 1.29 is 4.39 Å². The summed E-state index contributed by atoms with van der Waals surface area (Å²) in [6, 6.07) is 3.72. The van der Waals surface area contributed by atoms with Crippen LogP contribution in [0.2, 0.25) is 5.15 Å². The number of nitrogens with zero attached hydrogens (tertiary/aromatic N) is 2. The Morgan fingerprint density at radius 1 is 1.40 bits per heavy atom. The average molecular weight is 415 g/mol. The number of rotatable bonds is 7. The van der Waals surface area contributed by atoms with Gasteiger partial charge in [0.2, 0.25) is 0 Å². The van der Waals surface area contributed by atoms with E-state index in [1.54, 1.807) is 12.3 Å². The first-order chi connectivity index (χ1) is 9.26. The number of halogens is 3. The second-order valence-corrected chi connectivity index (χ2v) is 4.36. The van der Waals surface area contributed by atoms with E-state index in [-0.39, 0.29) is 30.7 Å². The maximum atomic E-state index is 12.0. The smallest absolute Gasteiger partial charge is 0.191 e. The molecule has 0 unspecified atom stereocenters. The summed E-state index contributed by atoms with van der Waals surface area (Å²) in [5, 5.41) is 6.81. The lowest BCUT2D eigenvalue weighted by atomic mass is 10.2. The number of aliphatic imine (C=N–C) groups is 1. The number of hydrogen-bond donors (Lipinski definition) is 2. The van der Waals surface area contributed by atoms with Crippen LogP contribution in [0.25, 0.3) is 0 Å². The van der Waals surface area contributed by atoms with Gasteiger partial charge in [0.25, 0.3) is 0 Å². The molecule has 0 saturated heterocycles. The first-order valence-electron chi connectivity index (χ1n) is 6.45. The number of hydrogen-bond acceptors (Lipinski definition) is 2. The largest absolute Gasteiger partial charge is 0.357 e. The van der Waals surface area contributed by atoms with Crippen LogP contribution in [0.3, 0.4) is 0 Å². The number of pyridine rings is 1. The summed E-state index contributed by atoms with van der Waals surface area (Å²) >= 11 is 5.72. The highest BCUT2D eigenvalue weighted by Gasteiger charge is 1.98. The zero-order valence-corrected chi connectivity index (χ0v) is 14.6. The van der Waals surface area contributed by atoms with E-state index in [0.29, 0.717) is 18.1 Å². The Morgan fingerprint density at radius 2 is 2.20 bits per heavy atom. The molecule has 0 radical (unpaired) electrons. The van der Waals surface area contributed by atoms with Gasteiger partial charge in [-0.2, -0.15) is 0 Å². The highest BCUT2D eigenvalue weighted by atomic mass is 127. The molecule has 0 fully saturated rings. The molecule has 1 heterocycles. The van der Waals surface area contributed by atoms with Crippen molar-refractivity contribution in [1.29, 1.82) is 0 Å². The number of nitrogens with one attached hydrogen (secondary N) is 2. The molecule has 1 aromatic heterocycles. The fourth-order valence-electron chi connectivity index (χ4n) is 1.47. The van der Waals surface area contributed by atoms with Gasteiger partial charge in [-0.1, -0.05) is 17.7 Å². The van der Waals surface area contributed by atoms with E-state index in [9.17, 15) is 4.39 Å². The van der Waals surface area contributed by atoms with Gasteiger partial charge in [0, 0.05) is 25.8 Å². The Kier molecular flexibility index (Phi) is 11.8. The van der Waals surface area contributed by atoms with Crippen molar-refractivity contribution in [2.24, 2.45) is 4.99 Å². The minimum atomic E-state index is -0.334. The summed E-state index contributed by atoms with van der Waals surface area (Å²) < 4.78 is 12.0. The molecular weight excluding hydrogens is 394 g/mol. The molecule has 1 rings (SSSR count). The molecule has 0 spiro atoms. The van der Waals surface area contributed by atoms with Gasteiger partial charge in [0.15, 0.2) is 5.96 Å². The predicted molar refractivity (Wildman–Crippen MR) is 92.9 cm³/mol. The molecule has 0 aromatic carbocycles. The predicted octanol–water partition coefficient (Wildman–Crippen LogP) is 2.81. The molecular formula is C13H21ClFIN4. The Labute approximate surface area is 141 Å². The minimum Gasteiger partial charge on any atom is -0.357 e. The van der Waals surface area contributed by atoms with Gasteiger partial charge in [0.05, 0.1) is 6.67 Å². The fourth-order valence-corrected chi connectivity index (χ4v) is 1.58. The molecule has 0 bridgehead atoms. The standard InChI is InChI=1S/C13H20ClFN4.HI/c1-2-16-13(17-8-3-7-15)18-9-6-11-4-5-12(14)19-10-11;/h4-5,10H,2-3,6-9H2,1H3,(H2,16,17,18);1H. The molecule has 0 atom stereocenters. The van der Waals surface area contributed by atoms with Gasteiger partial charge in [-0.15, -0.1) is 24.0 Å². The highest BCUT2D eigenvalue weighted by Crippen LogP contribution is 2.05. The van der Waals surface area contributed by atoms with Crippen LogP contribution in [0.4, 0.5) is 4.39 Å². The van der Waals surface area contributed by atoms with Gasteiger partial charge in [-0.25, -0.2) is 4.98 Å². The Balaban J connectivity index is 0.00000361. The van der Waals surface area contributed by atoms with Crippen molar-refractivity contribution in [2.45, 2.75) is 19.8 Å². The summed E-state index contributed by atoms with van der Waals surface area (Å²) in [7, 11) is 0. The van der Waals surface area contributed by atoms with Crippen LogP contribution in [0.1, 0.15) is 18.9 Å². The number of guanidine groups is 1. The summed E-state index contributed by atoms with van der Waals surface area (Å²) in [6.07, 6.45) is 3.05. The molecule has 0 amide bonds. The van der Waals surface area contributed by atoms with E-state index in [2.05, 4.69) is 20.6 Å². The van der Waals surface area contributed by atoms with E-state index in [4.69, 9.17) is 11.6 Å². The van der Waals surface area contributed by atoms with Gasteiger partial charge >= 0.3 is 0 Å². The molecule has 114 valence electrons. The van der Waals surface area contributed by atoms with Crippen molar-refractivity contribution in [2.75, 3.05) is 26.3 Å². The molecule has 2 N–H and O–H groups in total. The Hall–Kier alpha value is -0.630. The quantitative estimate of drug-likeness (QED) is 0.237. The first kappa shape index (κ1) is 19.4. The highest BCUT2D eigenvalue weighted by molar-refractivity contribution is 14.0. The molecule has 0 aliphatic rings. The summed E-state index contributed by atoms with van der Waals surface area (Å²) in [5.74, 6) is 0.720. The Morgan fingerprint density at radius 3 is 2.80 bits per heavy atom. The van der Waals surface area contributed by atoms with Gasteiger partial charge in [-0.05, 0) is 31.4 Å². The third-order valence-corrected chi connectivity index (χ3v) is 2.62. The van der Waals surface area contributed by atoms with Crippen LogP contribution in [0.15, 0.2) is 23.3 Å². The third-order valence-electron chi connectivity index (χ3n) is 2.40. The zero-order valence-electron chi connectivity index (χ0n) is 11.5. The van der Waals surface area contributed by atoms with Gasteiger partial charge in [0.1, 0.15) is 5.15 Å². The van der Waals surface area contributed by atoms with Crippen LogP contribution in [-0.2, 0) is 6.42 Å². The minimum absolute atomic E-state index is 0. The van der Waals surface area contributed by atoms with Crippen LogP contribution in [-0.4, -0.2) is 37.3 Å². The van der Waals surface area contributed by atoms with Crippen LogP contribution in [0, 0.1) is 0 Å². The maximum Gasteiger partial charge on any atom is 0.191 e. The monoisotopic (exact) mass is 414 g/mol. The molecule has 0 aliphatic heterocycles. The lowest BCUT2D eigenvalue weighted by molar-refractivity contribution is 0.477. The van der Waals surface area contributed by atoms with E-state index < -0.39 is 0 Å². The molecule has 20 heavy (non-hydrogen) atoms.